The summed E-state index contributed by atoms with van der Waals surface area (Å²) in [6, 6.07) is 24.3. The molecule has 21 heteroatoms. The van der Waals surface area contributed by atoms with Gasteiger partial charge in [0.15, 0.2) is 18.3 Å². The van der Waals surface area contributed by atoms with Crippen molar-refractivity contribution in [1.82, 2.24) is 5.32 Å². The highest BCUT2D eigenvalue weighted by Crippen LogP contribution is 2.44. The predicted molar refractivity (Wildman–Crippen MR) is 225 cm³/mol. The molecule has 346 valence electrons. The number of amides is 2. The molecule has 4 aromatic carbocycles. The van der Waals surface area contributed by atoms with Crippen molar-refractivity contribution < 1.29 is 81.1 Å². The number of methoxy groups -OCH3 is 1. The second-order valence-corrected chi connectivity index (χ2v) is 14.6. The summed E-state index contributed by atoms with van der Waals surface area (Å²) in [5.74, 6) is -4.94. The topological polar surface area (TPSA) is 270 Å². The number of fused-ring (bicyclic) bond motifs is 3. The molecule has 1 fully saturated rings. The third-order valence-corrected chi connectivity index (χ3v) is 9.97. The molecule has 1 heterocycles. The lowest BCUT2D eigenvalue weighted by atomic mass is 9.97. The summed E-state index contributed by atoms with van der Waals surface area (Å²) < 4.78 is 48.9. The number of hydrogen-bond donors (Lipinski definition) is 2. The quantitative estimate of drug-likeness (QED) is 0.0478. The van der Waals surface area contributed by atoms with E-state index in [-0.39, 0.29) is 53.9 Å². The zero-order chi connectivity index (χ0) is 47.5. The number of nitrogens with zero attached hydrogens (tertiary/aromatic N) is 1. The highest BCUT2D eigenvalue weighted by molar-refractivity contribution is 5.92. The van der Waals surface area contributed by atoms with Gasteiger partial charge in [0.05, 0.1) is 17.7 Å². The molecular weight excluding hydrogens is 870 g/mol. The van der Waals surface area contributed by atoms with Gasteiger partial charge in [0.1, 0.15) is 24.7 Å². The number of benzene rings is 4. The number of anilines is 1. The lowest BCUT2D eigenvalue weighted by molar-refractivity contribution is -0.384. The van der Waals surface area contributed by atoms with Crippen LogP contribution in [0.4, 0.5) is 21.0 Å². The van der Waals surface area contributed by atoms with E-state index in [1.165, 1.54) is 30.3 Å². The second kappa shape index (κ2) is 21.5. The van der Waals surface area contributed by atoms with Gasteiger partial charge in [0.2, 0.25) is 18.3 Å². The van der Waals surface area contributed by atoms with Crippen LogP contribution in [0.1, 0.15) is 49.8 Å². The maximum absolute atomic E-state index is 13.5. The summed E-state index contributed by atoms with van der Waals surface area (Å²) in [5, 5.41) is 16.2. The van der Waals surface area contributed by atoms with E-state index in [1.54, 1.807) is 0 Å². The first-order valence-corrected chi connectivity index (χ1v) is 20.1. The van der Waals surface area contributed by atoms with Gasteiger partial charge in [-0.15, -0.1) is 0 Å². The van der Waals surface area contributed by atoms with Gasteiger partial charge in [-0.1, -0.05) is 54.6 Å². The molecule has 2 amide bonds. The molecule has 0 bridgehead atoms. The van der Waals surface area contributed by atoms with E-state index >= 15 is 0 Å². The Kier molecular flexibility index (Phi) is 15.5. The van der Waals surface area contributed by atoms with Gasteiger partial charge in [-0.3, -0.25) is 29.3 Å². The van der Waals surface area contributed by atoms with Crippen LogP contribution in [0.5, 0.6) is 11.5 Å². The van der Waals surface area contributed by atoms with Crippen molar-refractivity contribution in [3.8, 4) is 22.6 Å². The number of carbonyl (C=O) groups excluding carboxylic acids is 7. The summed E-state index contributed by atoms with van der Waals surface area (Å²) in [5.41, 5.74) is 4.05. The second-order valence-electron chi connectivity index (χ2n) is 14.6. The highest BCUT2D eigenvalue weighted by Gasteiger charge is 2.56. The van der Waals surface area contributed by atoms with Crippen LogP contribution in [0.2, 0.25) is 0 Å². The Morgan fingerprint density at radius 1 is 0.742 bits per heavy atom. The van der Waals surface area contributed by atoms with Crippen LogP contribution in [-0.4, -0.2) is 97.9 Å². The standard InChI is InChI=1S/C45H43N3O18/c1-24(49)61-38-39(62-25(2)50)41(63-26(3)51)43(66-40(38)42(53)58-4)65-36-18-13-27(22-60-45(55)64-29-16-14-28(15-17-29)48(56)57)21-35(36)47-37(52)19-20-46-44(54)59-23-34-32-11-7-5-9-30(32)31-10-6-8-12-33(31)34/h5-18,21,34,38-41,43H,19-20,22-23H2,1-4H3,(H,46,54)(H,47,52)/t38-,39-,40-,41-,43+/m0/s1. The molecule has 6 rings (SSSR count). The largest absolute Gasteiger partial charge is 0.514 e. The molecule has 1 aliphatic carbocycles. The Labute approximate surface area is 375 Å². The fourth-order valence-electron chi connectivity index (χ4n) is 7.21. The van der Waals surface area contributed by atoms with Crippen LogP contribution in [0, 0.1) is 10.1 Å². The number of nitrogens with one attached hydrogen (secondary N) is 2. The number of rotatable bonds is 16. The van der Waals surface area contributed by atoms with E-state index in [4.69, 9.17) is 42.6 Å². The van der Waals surface area contributed by atoms with Crippen molar-refractivity contribution >= 4 is 53.4 Å². The maximum atomic E-state index is 13.5. The molecule has 0 spiro atoms. The molecule has 2 aliphatic rings. The summed E-state index contributed by atoms with van der Waals surface area (Å²) in [6.45, 7) is 2.48. The van der Waals surface area contributed by atoms with E-state index in [0.29, 0.717) is 0 Å². The third-order valence-electron chi connectivity index (χ3n) is 9.97. The van der Waals surface area contributed by atoms with E-state index in [9.17, 15) is 43.7 Å². The zero-order valence-electron chi connectivity index (χ0n) is 35.7. The first-order chi connectivity index (χ1) is 31.6. The summed E-state index contributed by atoms with van der Waals surface area (Å²) >= 11 is 0. The van der Waals surface area contributed by atoms with Crippen molar-refractivity contribution in [1.29, 1.82) is 0 Å². The number of nitro benzene ring substituents is 1. The van der Waals surface area contributed by atoms with E-state index in [2.05, 4.69) is 10.6 Å². The van der Waals surface area contributed by atoms with Gasteiger partial charge in [0.25, 0.3) is 5.69 Å². The highest BCUT2D eigenvalue weighted by atomic mass is 16.7. The van der Waals surface area contributed by atoms with Crippen LogP contribution in [-0.2, 0) is 63.7 Å². The van der Waals surface area contributed by atoms with Crippen molar-refractivity contribution in [3.05, 3.63) is 118 Å². The number of alkyl carbamates (subject to hydrolysis) is 1. The lowest BCUT2D eigenvalue weighted by Gasteiger charge is -2.43. The first-order valence-electron chi connectivity index (χ1n) is 20.1. The average molecular weight is 914 g/mol. The van der Waals surface area contributed by atoms with Crippen molar-refractivity contribution in [2.45, 2.75) is 70.4 Å². The summed E-state index contributed by atoms with van der Waals surface area (Å²) in [4.78, 5) is 99.1. The third kappa shape index (κ3) is 11.9. The smallest absolute Gasteiger partial charge is 0.467 e. The fourth-order valence-corrected chi connectivity index (χ4v) is 7.21. The minimum Gasteiger partial charge on any atom is -0.467 e. The molecular formula is C45H43N3O18. The Morgan fingerprint density at radius 2 is 1.35 bits per heavy atom. The molecule has 0 saturated carbocycles. The molecule has 5 atom stereocenters. The molecule has 21 nitrogen and oxygen atoms in total. The van der Waals surface area contributed by atoms with Crippen molar-refractivity contribution in [2.75, 3.05) is 25.6 Å². The monoisotopic (exact) mass is 913 g/mol. The molecule has 1 aliphatic heterocycles. The Balaban J connectivity index is 1.18. The maximum Gasteiger partial charge on any atom is 0.514 e. The van der Waals surface area contributed by atoms with Crippen LogP contribution < -0.4 is 20.1 Å². The normalized spacial score (nSPS) is 18.2. The molecule has 0 radical (unpaired) electrons. The van der Waals surface area contributed by atoms with Crippen LogP contribution >= 0.6 is 0 Å². The molecule has 66 heavy (non-hydrogen) atoms. The van der Waals surface area contributed by atoms with E-state index in [0.717, 1.165) is 62.3 Å². The Morgan fingerprint density at radius 3 is 1.95 bits per heavy atom. The number of carbonyl (C=O) groups is 7. The Bertz CT molecular complexity index is 2450. The summed E-state index contributed by atoms with van der Waals surface area (Å²) in [6.07, 6.45) is -10.9. The van der Waals surface area contributed by atoms with Crippen molar-refractivity contribution in [3.63, 3.8) is 0 Å². The Hall–Kier alpha value is -8.07. The van der Waals surface area contributed by atoms with Gasteiger partial charge in [-0.2, -0.15) is 0 Å². The zero-order valence-corrected chi connectivity index (χ0v) is 35.7. The number of hydrogen-bond acceptors (Lipinski definition) is 18. The molecule has 1 saturated heterocycles. The number of non-ortho nitro benzene ring substituents is 1. The molecule has 2 N–H and O–H groups in total. The number of nitro groups is 1. The molecule has 4 aromatic rings. The fraction of sp³-hybridized carbons (Fsp3) is 0.311. The first kappa shape index (κ1) is 47.4. The van der Waals surface area contributed by atoms with Crippen LogP contribution in [0.25, 0.3) is 11.1 Å². The lowest BCUT2D eigenvalue weighted by Crippen LogP contribution is -2.64. The number of ether oxygens (including phenoxy) is 9. The van der Waals surface area contributed by atoms with E-state index < -0.39 is 84.3 Å². The number of esters is 4. The van der Waals surface area contributed by atoms with E-state index in [1.807, 2.05) is 48.5 Å². The molecule has 0 aromatic heterocycles. The minimum atomic E-state index is -1.81. The van der Waals surface area contributed by atoms with Crippen LogP contribution in [0.15, 0.2) is 91.0 Å². The van der Waals surface area contributed by atoms with Gasteiger partial charge in [-0.05, 0) is 52.1 Å². The summed E-state index contributed by atoms with van der Waals surface area (Å²) in [7, 11) is 1.02. The minimum absolute atomic E-state index is 0.0391. The average Bonchev–Trinajstić information content (AvgIpc) is 3.60. The van der Waals surface area contributed by atoms with Crippen molar-refractivity contribution in [2.24, 2.45) is 0 Å². The van der Waals surface area contributed by atoms with Gasteiger partial charge >= 0.3 is 36.1 Å². The molecule has 0 unspecified atom stereocenters. The van der Waals surface area contributed by atoms with Gasteiger partial charge in [-0.25, -0.2) is 14.4 Å². The van der Waals surface area contributed by atoms with Gasteiger partial charge < -0.3 is 53.3 Å². The van der Waals surface area contributed by atoms with Gasteiger partial charge in [0, 0.05) is 51.8 Å². The van der Waals surface area contributed by atoms with Crippen LogP contribution in [0.3, 0.4) is 0 Å². The predicted octanol–water partition coefficient (Wildman–Crippen LogP) is 5.25. The SMILES string of the molecule is COC(=O)[C@H]1O[C@@H](Oc2ccc(COC(=O)Oc3ccc([N+](=O)[O-])cc3)cc2NC(=O)CCNC(=O)OCC2c3ccccc3-c3ccccc32)[C@@H](OC(C)=O)[C@@H](OC(C)=O)[C@@H]1OC(C)=O.